The maximum atomic E-state index is 12.9. The number of hydrogen-bond acceptors (Lipinski definition) is 3. The Morgan fingerprint density at radius 1 is 1.26 bits per heavy atom. The third-order valence-corrected chi connectivity index (χ3v) is 4.29. The fraction of sp³-hybridized carbons (Fsp3) is 0.176. The molecule has 1 atom stereocenters. The molecule has 1 aliphatic heterocycles. The highest BCUT2D eigenvalue weighted by atomic mass is 35.5. The number of aryl methyl sites for hydroxylation is 1. The molecule has 0 spiro atoms. The van der Waals surface area contributed by atoms with E-state index in [0.717, 1.165) is 17.7 Å². The summed E-state index contributed by atoms with van der Waals surface area (Å²) < 4.78 is 12.9. The molecule has 3 rings (SSSR count). The van der Waals surface area contributed by atoms with Gasteiger partial charge in [0.25, 0.3) is 5.91 Å². The number of nitrogens with one attached hydrogen (secondary N) is 1. The molecule has 2 aromatic carbocycles. The van der Waals surface area contributed by atoms with E-state index in [4.69, 9.17) is 11.6 Å². The van der Waals surface area contributed by atoms with Gasteiger partial charge in [-0.2, -0.15) is 0 Å². The predicted octanol–water partition coefficient (Wildman–Crippen LogP) is 3.20. The lowest BCUT2D eigenvalue weighted by atomic mass is 9.87. The number of benzene rings is 2. The van der Waals surface area contributed by atoms with Gasteiger partial charge >= 0.3 is 0 Å². The van der Waals surface area contributed by atoms with Crippen LogP contribution in [0.4, 0.5) is 10.1 Å². The van der Waals surface area contributed by atoms with Gasteiger partial charge in [-0.15, -0.1) is 0 Å². The third kappa shape index (κ3) is 2.52. The van der Waals surface area contributed by atoms with E-state index in [-0.39, 0.29) is 16.1 Å². The minimum Gasteiger partial charge on any atom is -0.375 e. The van der Waals surface area contributed by atoms with Gasteiger partial charge in [-0.1, -0.05) is 17.7 Å². The minimum atomic E-state index is -2.04. The Kier molecular flexibility index (Phi) is 3.70. The number of amides is 1. The highest BCUT2D eigenvalue weighted by Gasteiger charge is 2.48. The van der Waals surface area contributed by atoms with E-state index in [0.29, 0.717) is 5.69 Å². The van der Waals surface area contributed by atoms with E-state index >= 15 is 0 Å². The van der Waals surface area contributed by atoms with E-state index in [1.807, 2.05) is 0 Å². The number of anilines is 1. The van der Waals surface area contributed by atoms with Gasteiger partial charge < -0.3 is 10.4 Å². The number of ketones is 1. The number of carbonyl (C=O) groups is 2. The van der Waals surface area contributed by atoms with Crippen LogP contribution in [0.2, 0.25) is 5.02 Å². The topological polar surface area (TPSA) is 66.4 Å². The zero-order valence-electron chi connectivity index (χ0n) is 12.2. The van der Waals surface area contributed by atoms with E-state index in [1.54, 1.807) is 19.1 Å². The van der Waals surface area contributed by atoms with Gasteiger partial charge in [-0.05, 0) is 42.8 Å². The molecule has 1 aliphatic rings. The normalized spacial score (nSPS) is 19.4. The Morgan fingerprint density at radius 2 is 1.91 bits per heavy atom. The van der Waals surface area contributed by atoms with Crippen LogP contribution in [0.3, 0.4) is 0 Å². The zero-order chi connectivity index (χ0) is 16.8. The lowest BCUT2D eigenvalue weighted by Gasteiger charge is -2.21. The van der Waals surface area contributed by atoms with Crippen molar-refractivity contribution in [1.29, 1.82) is 0 Å². The zero-order valence-corrected chi connectivity index (χ0v) is 12.9. The summed E-state index contributed by atoms with van der Waals surface area (Å²) >= 11 is 6.13. The Bertz CT molecular complexity index is 819. The van der Waals surface area contributed by atoms with Crippen molar-refractivity contribution in [3.63, 3.8) is 0 Å². The van der Waals surface area contributed by atoms with Crippen LogP contribution < -0.4 is 5.32 Å². The van der Waals surface area contributed by atoms with Crippen LogP contribution >= 0.6 is 11.6 Å². The van der Waals surface area contributed by atoms with Crippen molar-refractivity contribution in [3.05, 3.63) is 63.9 Å². The molecular formula is C17H13ClFNO3. The van der Waals surface area contributed by atoms with E-state index in [1.165, 1.54) is 12.1 Å². The highest BCUT2D eigenvalue weighted by Crippen LogP contribution is 2.44. The first-order valence-corrected chi connectivity index (χ1v) is 7.33. The second-order valence-corrected chi connectivity index (χ2v) is 5.94. The van der Waals surface area contributed by atoms with Gasteiger partial charge in [0.2, 0.25) is 0 Å². The van der Waals surface area contributed by atoms with Crippen molar-refractivity contribution in [2.24, 2.45) is 0 Å². The molecule has 118 valence electrons. The Morgan fingerprint density at radius 3 is 2.57 bits per heavy atom. The van der Waals surface area contributed by atoms with Crippen LogP contribution in [0.25, 0.3) is 0 Å². The van der Waals surface area contributed by atoms with Crippen LogP contribution in [0.5, 0.6) is 0 Å². The number of halogens is 2. The van der Waals surface area contributed by atoms with E-state index in [9.17, 15) is 19.1 Å². The second kappa shape index (κ2) is 5.44. The molecule has 0 aliphatic carbocycles. The Labute approximate surface area is 136 Å². The predicted molar refractivity (Wildman–Crippen MR) is 84.1 cm³/mol. The summed E-state index contributed by atoms with van der Waals surface area (Å²) in [6, 6.07) is 8.21. The molecule has 1 amide bonds. The fourth-order valence-electron chi connectivity index (χ4n) is 2.72. The summed E-state index contributed by atoms with van der Waals surface area (Å²) in [4.78, 5) is 24.6. The molecule has 0 unspecified atom stereocenters. The van der Waals surface area contributed by atoms with Gasteiger partial charge in [0.1, 0.15) is 5.82 Å². The first-order valence-electron chi connectivity index (χ1n) is 6.95. The van der Waals surface area contributed by atoms with Gasteiger partial charge in [0.15, 0.2) is 11.4 Å². The fourth-order valence-corrected chi connectivity index (χ4v) is 3.03. The second-order valence-electron chi connectivity index (χ2n) is 5.54. The average Bonchev–Trinajstić information content (AvgIpc) is 2.77. The molecule has 0 saturated carbocycles. The van der Waals surface area contributed by atoms with E-state index < -0.39 is 29.5 Å². The van der Waals surface area contributed by atoms with Gasteiger partial charge in [0.05, 0.1) is 12.1 Å². The molecule has 2 N–H and O–H groups in total. The number of fused-ring (bicyclic) bond motifs is 1. The smallest absolute Gasteiger partial charge is 0.261 e. The standard InChI is InChI=1S/C17H13ClFNO3/c1-9-2-7-12(18)14-15(9)20-16(22)17(14,23)8-13(21)10-3-5-11(19)6-4-10/h2-7,23H,8H2,1H3,(H,20,22)/t17-/m0/s1. The molecule has 0 saturated heterocycles. The Balaban J connectivity index is 2.00. The number of carbonyl (C=O) groups excluding carboxylic acids is 2. The number of hydrogen-bond donors (Lipinski definition) is 2. The summed E-state index contributed by atoms with van der Waals surface area (Å²) in [6.07, 6.45) is -0.472. The lowest BCUT2D eigenvalue weighted by molar-refractivity contribution is -0.133. The van der Waals surface area contributed by atoms with Crippen molar-refractivity contribution in [3.8, 4) is 0 Å². The molecule has 0 radical (unpaired) electrons. The summed E-state index contributed by atoms with van der Waals surface area (Å²) in [5.41, 5.74) is -0.450. The van der Waals surface area contributed by atoms with Gasteiger partial charge in [0, 0.05) is 16.1 Å². The number of rotatable bonds is 3. The minimum absolute atomic E-state index is 0.207. The van der Waals surface area contributed by atoms with Crippen LogP contribution in [0.15, 0.2) is 36.4 Å². The van der Waals surface area contributed by atoms with Crippen molar-refractivity contribution in [2.75, 3.05) is 5.32 Å². The molecule has 0 bridgehead atoms. The molecule has 4 nitrogen and oxygen atoms in total. The monoisotopic (exact) mass is 333 g/mol. The molecule has 0 aromatic heterocycles. The summed E-state index contributed by atoms with van der Waals surface area (Å²) in [5, 5.41) is 13.6. The molecular weight excluding hydrogens is 321 g/mol. The highest BCUT2D eigenvalue weighted by molar-refractivity contribution is 6.33. The van der Waals surface area contributed by atoms with E-state index in [2.05, 4.69) is 5.32 Å². The van der Waals surface area contributed by atoms with Crippen LogP contribution in [0, 0.1) is 12.7 Å². The molecule has 2 aromatic rings. The van der Waals surface area contributed by atoms with Crippen molar-refractivity contribution in [2.45, 2.75) is 18.9 Å². The molecule has 6 heteroatoms. The van der Waals surface area contributed by atoms with Crippen LogP contribution in [-0.4, -0.2) is 16.8 Å². The first kappa shape index (κ1) is 15.6. The SMILES string of the molecule is Cc1ccc(Cl)c2c1NC(=O)[C@]2(O)CC(=O)c1ccc(F)cc1. The largest absolute Gasteiger partial charge is 0.375 e. The van der Waals surface area contributed by atoms with Gasteiger partial charge in [-0.3, -0.25) is 9.59 Å². The van der Waals surface area contributed by atoms with Gasteiger partial charge in [-0.25, -0.2) is 4.39 Å². The molecule has 23 heavy (non-hydrogen) atoms. The maximum Gasteiger partial charge on any atom is 0.261 e. The average molecular weight is 334 g/mol. The van der Waals surface area contributed by atoms with Crippen LogP contribution in [0.1, 0.15) is 27.9 Å². The first-order chi connectivity index (χ1) is 10.8. The van der Waals surface area contributed by atoms with Crippen molar-refractivity contribution >= 4 is 29.0 Å². The van der Waals surface area contributed by atoms with Crippen molar-refractivity contribution < 1.29 is 19.1 Å². The summed E-state index contributed by atoms with van der Waals surface area (Å²) in [5.74, 6) is -1.64. The maximum absolute atomic E-state index is 12.9. The molecule has 0 fully saturated rings. The Hall–Kier alpha value is -2.24. The third-order valence-electron chi connectivity index (χ3n) is 3.97. The summed E-state index contributed by atoms with van der Waals surface area (Å²) in [7, 11) is 0. The number of aliphatic hydroxyl groups is 1. The summed E-state index contributed by atoms with van der Waals surface area (Å²) in [6.45, 7) is 1.77. The lowest BCUT2D eigenvalue weighted by Crippen LogP contribution is -2.36. The quantitative estimate of drug-likeness (QED) is 0.848. The van der Waals surface area contributed by atoms with Crippen LogP contribution in [-0.2, 0) is 10.4 Å². The van der Waals surface area contributed by atoms with Crippen molar-refractivity contribution in [1.82, 2.24) is 0 Å². The number of Topliss-reactive ketones (excluding diaryl/α,β-unsaturated/α-hetero) is 1. The molecule has 1 heterocycles.